The van der Waals surface area contributed by atoms with E-state index in [0.717, 1.165) is 24.5 Å². The minimum absolute atomic E-state index is 0.187. The summed E-state index contributed by atoms with van der Waals surface area (Å²) in [6.07, 6.45) is 1.03. The number of nitrogens with zero attached hydrogens (tertiary/aromatic N) is 1. The van der Waals surface area contributed by atoms with E-state index < -0.39 is 17.3 Å². The SMILES string of the molecule is CC(F)(F)c1cnc(C(C)(C)C(=O)O)s1. The Kier molecular flexibility index (Phi) is 2.82. The summed E-state index contributed by atoms with van der Waals surface area (Å²) in [5, 5.41) is 9.07. The molecule has 0 saturated heterocycles. The van der Waals surface area contributed by atoms with Crippen molar-refractivity contribution in [2.24, 2.45) is 0 Å². The van der Waals surface area contributed by atoms with Crippen molar-refractivity contribution in [3.63, 3.8) is 0 Å². The number of hydrogen-bond acceptors (Lipinski definition) is 3. The normalized spacial score (nSPS) is 12.9. The molecule has 1 heterocycles. The lowest BCUT2D eigenvalue weighted by Crippen LogP contribution is -2.28. The molecule has 6 heteroatoms. The fourth-order valence-corrected chi connectivity index (χ4v) is 1.80. The number of aliphatic carboxylic acids is 1. The third kappa shape index (κ3) is 2.31. The lowest BCUT2D eigenvalue weighted by atomic mass is 9.95. The summed E-state index contributed by atoms with van der Waals surface area (Å²) in [5.41, 5.74) is -1.23. The van der Waals surface area contributed by atoms with E-state index in [2.05, 4.69) is 4.98 Å². The van der Waals surface area contributed by atoms with Crippen LogP contribution in [0, 0.1) is 0 Å². The molecule has 0 atom stereocenters. The summed E-state index contributed by atoms with van der Waals surface area (Å²) in [6, 6.07) is 0. The van der Waals surface area contributed by atoms with Gasteiger partial charge in [-0.15, -0.1) is 11.3 Å². The van der Waals surface area contributed by atoms with Gasteiger partial charge in [-0.25, -0.2) is 13.8 Å². The first-order chi connectivity index (χ1) is 6.65. The van der Waals surface area contributed by atoms with Crippen molar-refractivity contribution in [3.8, 4) is 0 Å². The number of thiazole rings is 1. The highest BCUT2D eigenvalue weighted by Crippen LogP contribution is 2.35. The number of carboxylic acid groups (broad SMARTS) is 1. The first-order valence-electron chi connectivity index (χ1n) is 4.23. The lowest BCUT2D eigenvalue weighted by Gasteiger charge is -2.15. The third-order valence-corrected chi connectivity index (χ3v) is 3.50. The van der Waals surface area contributed by atoms with Crippen molar-refractivity contribution in [1.29, 1.82) is 0 Å². The van der Waals surface area contributed by atoms with Crippen LogP contribution in [0.25, 0.3) is 0 Å². The van der Waals surface area contributed by atoms with Crippen LogP contribution in [0.2, 0.25) is 0 Å². The summed E-state index contributed by atoms with van der Waals surface area (Å²) < 4.78 is 25.8. The smallest absolute Gasteiger partial charge is 0.316 e. The van der Waals surface area contributed by atoms with Crippen LogP contribution in [0.5, 0.6) is 0 Å². The molecule has 15 heavy (non-hydrogen) atoms. The molecule has 1 rings (SSSR count). The molecular formula is C9H11F2NO2S. The number of alkyl halides is 2. The van der Waals surface area contributed by atoms with Gasteiger partial charge in [0.25, 0.3) is 5.92 Å². The molecule has 3 nitrogen and oxygen atoms in total. The molecule has 1 aromatic rings. The summed E-state index contributed by atoms with van der Waals surface area (Å²) >= 11 is 0.733. The molecule has 0 spiro atoms. The fourth-order valence-electron chi connectivity index (χ4n) is 0.857. The van der Waals surface area contributed by atoms with Crippen LogP contribution in [-0.4, -0.2) is 16.1 Å². The maximum atomic E-state index is 12.9. The van der Waals surface area contributed by atoms with E-state index in [0.29, 0.717) is 0 Å². The average molecular weight is 235 g/mol. The summed E-state index contributed by atoms with van der Waals surface area (Å²) in [7, 11) is 0. The van der Waals surface area contributed by atoms with Gasteiger partial charge in [0.05, 0.1) is 4.88 Å². The molecule has 0 saturated carbocycles. The first kappa shape index (κ1) is 12.0. The van der Waals surface area contributed by atoms with Crippen molar-refractivity contribution < 1.29 is 18.7 Å². The summed E-state index contributed by atoms with van der Waals surface area (Å²) in [5.74, 6) is -4.05. The van der Waals surface area contributed by atoms with Gasteiger partial charge >= 0.3 is 5.97 Å². The monoisotopic (exact) mass is 235 g/mol. The highest BCUT2D eigenvalue weighted by Gasteiger charge is 2.35. The van der Waals surface area contributed by atoms with Crippen LogP contribution in [0.1, 0.15) is 30.7 Å². The summed E-state index contributed by atoms with van der Waals surface area (Å²) in [4.78, 5) is 14.4. The van der Waals surface area contributed by atoms with Gasteiger partial charge in [0.15, 0.2) is 0 Å². The Labute approximate surface area is 89.8 Å². The van der Waals surface area contributed by atoms with E-state index in [9.17, 15) is 13.6 Å². The number of hydrogen-bond donors (Lipinski definition) is 1. The zero-order valence-electron chi connectivity index (χ0n) is 8.54. The van der Waals surface area contributed by atoms with E-state index in [-0.39, 0.29) is 9.88 Å². The molecule has 1 N–H and O–H groups in total. The van der Waals surface area contributed by atoms with Gasteiger partial charge < -0.3 is 5.11 Å². The number of carboxylic acids is 1. The Morgan fingerprint density at radius 3 is 2.33 bits per heavy atom. The molecule has 1 aromatic heterocycles. The first-order valence-corrected chi connectivity index (χ1v) is 5.05. The second-order valence-electron chi connectivity index (χ2n) is 3.85. The molecule has 0 aliphatic heterocycles. The molecule has 0 amide bonds. The van der Waals surface area contributed by atoms with Gasteiger partial charge in [0, 0.05) is 13.1 Å². The van der Waals surface area contributed by atoms with Crippen molar-refractivity contribution in [2.75, 3.05) is 0 Å². The van der Waals surface area contributed by atoms with Gasteiger partial charge in [-0.1, -0.05) is 0 Å². The average Bonchev–Trinajstić information content (AvgIpc) is 2.50. The fraction of sp³-hybridized carbons (Fsp3) is 0.556. The quantitative estimate of drug-likeness (QED) is 0.876. The highest BCUT2D eigenvalue weighted by molar-refractivity contribution is 7.12. The number of halogens is 2. The Hall–Kier alpha value is -1.04. The van der Waals surface area contributed by atoms with Crippen molar-refractivity contribution in [3.05, 3.63) is 16.1 Å². The predicted octanol–water partition coefficient (Wildman–Crippen LogP) is 2.62. The van der Waals surface area contributed by atoms with Gasteiger partial charge in [-0.3, -0.25) is 4.79 Å². The lowest BCUT2D eigenvalue weighted by molar-refractivity contribution is -0.142. The van der Waals surface area contributed by atoms with Crippen LogP contribution in [-0.2, 0) is 16.1 Å². The molecule has 0 radical (unpaired) electrons. The molecule has 84 valence electrons. The van der Waals surface area contributed by atoms with E-state index in [1.54, 1.807) is 0 Å². The third-order valence-electron chi connectivity index (χ3n) is 2.01. The second-order valence-corrected chi connectivity index (χ2v) is 4.88. The van der Waals surface area contributed by atoms with Crippen molar-refractivity contribution in [2.45, 2.75) is 32.1 Å². The van der Waals surface area contributed by atoms with Gasteiger partial charge in [0.1, 0.15) is 10.4 Å². The van der Waals surface area contributed by atoms with Crippen LogP contribution >= 0.6 is 11.3 Å². The van der Waals surface area contributed by atoms with E-state index in [1.807, 2.05) is 0 Å². The zero-order chi connectivity index (χ0) is 11.9. The van der Waals surface area contributed by atoms with Crippen LogP contribution < -0.4 is 0 Å². The van der Waals surface area contributed by atoms with Crippen LogP contribution in [0.15, 0.2) is 6.20 Å². The van der Waals surface area contributed by atoms with Crippen LogP contribution in [0.4, 0.5) is 8.78 Å². The van der Waals surface area contributed by atoms with Gasteiger partial charge in [-0.05, 0) is 13.8 Å². The van der Waals surface area contributed by atoms with E-state index in [4.69, 9.17) is 5.11 Å². The molecule has 0 aliphatic carbocycles. The van der Waals surface area contributed by atoms with Crippen molar-refractivity contribution in [1.82, 2.24) is 4.98 Å². The van der Waals surface area contributed by atoms with Crippen molar-refractivity contribution >= 4 is 17.3 Å². The number of carbonyl (C=O) groups is 1. The number of rotatable bonds is 3. The summed E-state index contributed by atoms with van der Waals surface area (Å²) in [6.45, 7) is 3.63. The molecule has 0 fully saturated rings. The minimum atomic E-state index is -2.97. The Morgan fingerprint density at radius 1 is 1.47 bits per heavy atom. The van der Waals surface area contributed by atoms with E-state index >= 15 is 0 Å². The molecule has 0 unspecified atom stereocenters. The molecule has 0 aromatic carbocycles. The topological polar surface area (TPSA) is 50.2 Å². The van der Waals surface area contributed by atoms with Gasteiger partial charge in [-0.2, -0.15) is 0 Å². The van der Waals surface area contributed by atoms with E-state index in [1.165, 1.54) is 13.8 Å². The standard InChI is InChI=1S/C9H11F2NO2S/c1-8(2,7(13)14)6-12-4-5(15-6)9(3,10)11/h4H,1-3H3,(H,13,14). The maximum Gasteiger partial charge on any atom is 0.316 e. The Bertz CT molecular complexity index is 382. The Balaban J connectivity index is 3.10. The predicted molar refractivity (Wildman–Crippen MR) is 52.3 cm³/mol. The zero-order valence-corrected chi connectivity index (χ0v) is 9.36. The molecule has 0 bridgehead atoms. The minimum Gasteiger partial charge on any atom is -0.481 e. The van der Waals surface area contributed by atoms with Crippen LogP contribution in [0.3, 0.4) is 0 Å². The van der Waals surface area contributed by atoms with Gasteiger partial charge in [0.2, 0.25) is 0 Å². The molecular weight excluding hydrogens is 224 g/mol. The second kappa shape index (κ2) is 3.52. The largest absolute Gasteiger partial charge is 0.481 e. The number of aromatic nitrogens is 1. The Morgan fingerprint density at radius 2 is 2.00 bits per heavy atom. The maximum absolute atomic E-state index is 12.9. The molecule has 0 aliphatic rings. The highest BCUT2D eigenvalue weighted by atomic mass is 32.1.